The van der Waals surface area contributed by atoms with Crippen LogP contribution in [-0.2, 0) is 59.8 Å². The van der Waals surface area contributed by atoms with Crippen LogP contribution in [0.15, 0.2) is 164 Å². The average molecular weight is 1800 g/mol. The van der Waals surface area contributed by atoms with Gasteiger partial charge in [-0.1, -0.05) is 148 Å². The molecule has 124 heavy (non-hydrogen) atoms. The van der Waals surface area contributed by atoms with Crippen molar-refractivity contribution in [1.29, 1.82) is 0 Å². The van der Waals surface area contributed by atoms with Crippen molar-refractivity contribution >= 4 is 65.6 Å². The molecule has 5 aromatic carbocycles. The summed E-state index contributed by atoms with van der Waals surface area (Å²) in [5.74, 6) is -4.66. The Hall–Kier alpha value is -12.5. The van der Waals surface area contributed by atoms with Crippen LogP contribution >= 0.6 is 0 Å². The number of rotatable bonds is 32. The molecule has 0 aliphatic heterocycles. The number of primary amides is 2. The maximum atomic E-state index is 12.2. The highest BCUT2D eigenvalue weighted by Crippen LogP contribution is 2.28. The maximum absolute atomic E-state index is 12.2. The van der Waals surface area contributed by atoms with Crippen molar-refractivity contribution in [3.63, 3.8) is 0 Å². The lowest BCUT2D eigenvalue weighted by Crippen LogP contribution is -2.47. The van der Waals surface area contributed by atoms with Gasteiger partial charge >= 0.3 is 73.4 Å². The molecule has 0 aliphatic rings. The molecule has 0 unspecified atom stereocenters. The molecule has 31 nitrogen and oxygen atoms in total. The summed E-state index contributed by atoms with van der Waals surface area (Å²) in [6, 6.07) is 33.5. The molecular formula is C75H93F18N17O14. The number of alkyl halides is 18. The fourth-order valence-corrected chi connectivity index (χ4v) is 8.82. The number of aromatic nitrogens is 5. The molecule has 20 N–H and O–H groups in total. The molecular weight excluding hydrogens is 1700 g/mol. The van der Waals surface area contributed by atoms with Crippen molar-refractivity contribution < 1.29 is 147 Å². The van der Waals surface area contributed by atoms with Crippen LogP contribution in [0.1, 0.15) is 111 Å². The van der Waals surface area contributed by atoms with Gasteiger partial charge in [0.2, 0.25) is 11.9 Å². The summed E-state index contributed by atoms with van der Waals surface area (Å²) in [7, 11) is 0. The number of ether oxygens (including phenoxy) is 4. The van der Waals surface area contributed by atoms with Crippen LogP contribution < -0.4 is 66.3 Å². The number of amides is 6. The minimum absolute atomic E-state index is 0.00399. The summed E-state index contributed by atoms with van der Waals surface area (Å²) in [4.78, 5) is 98.2. The van der Waals surface area contributed by atoms with Gasteiger partial charge in [-0.3, -0.25) is 14.4 Å². The lowest BCUT2D eigenvalue weighted by atomic mass is 10.1. The number of hydrogen-bond donors (Lipinski definition) is 14. The molecule has 2 heterocycles. The summed E-state index contributed by atoms with van der Waals surface area (Å²) in [6.07, 6.45) is -32.5. The average Bonchev–Trinajstić information content (AvgIpc) is 1.02. The van der Waals surface area contributed by atoms with E-state index in [4.69, 9.17) is 53.1 Å². The molecule has 0 saturated heterocycles. The summed E-state index contributed by atoms with van der Waals surface area (Å²) >= 11 is 0. The zero-order valence-electron chi connectivity index (χ0n) is 66.0. The topological polar surface area (TPSA) is 499 Å². The third-order valence-corrected chi connectivity index (χ3v) is 15.0. The number of anilines is 3. The monoisotopic (exact) mass is 1800 g/mol. The van der Waals surface area contributed by atoms with Crippen LogP contribution in [0.2, 0.25) is 0 Å². The lowest BCUT2D eigenvalue weighted by Gasteiger charge is -2.18. The normalized spacial score (nSPS) is 12.9. The molecule has 49 heteroatoms. The van der Waals surface area contributed by atoms with Gasteiger partial charge in [0.25, 0.3) is 5.91 Å². The van der Waals surface area contributed by atoms with E-state index in [-0.39, 0.29) is 51.0 Å². The maximum Gasteiger partial charge on any atom is 0.408 e. The Labute approximate surface area is 696 Å². The highest BCUT2D eigenvalue weighted by molar-refractivity contribution is 5.98. The van der Waals surface area contributed by atoms with Gasteiger partial charge in [-0.2, -0.15) is 99.0 Å². The van der Waals surface area contributed by atoms with Gasteiger partial charge in [-0.25, -0.2) is 29.0 Å². The van der Waals surface area contributed by atoms with Gasteiger partial charge in [0.1, 0.15) is 55.9 Å². The quantitative estimate of drug-likeness (QED) is 0.0138. The third-order valence-electron chi connectivity index (χ3n) is 15.0. The van der Waals surface area contributed by atoms with Crippen LogP contribution in [0.25, 0.3) is 5.69 Å². The molecule has 0 spiro atoms. The number of hydrogen-bond acceptors (Lipinski definition) is 22. The molecule has 688 valence electrons. The van der Waals surface area contributed by atoms with Crippen LogP contribution in [0.5, 0.6) is 0 Å². The van der Waals surface area contributed by atoms with E-state index in [0.29, 0.717) is 41.5 Å². The SMILES string of the molecule is CC[C@@H](CC(F)(F)F)NC(=O)OCc1ccccc1.CC[C@H](CN)Nc1ncc(C(N)=O)c(Nc2cccc(-n3nccn3)c2)n1.CC[C@H](N)CC(F)(F)F.NC(=O)[C@@H](CC(F)(F)F)NC(=O)OCc1ccccc1.NC[C@@H](CC(F)(F)F)NC(=O)OCc1ccccc1.N[C@H](CC(F)(F)F)C(=O)O.O=C(N[C@H](CC(F)(F)F)C(=O)O)OCc1ccccc1. The molecule has 0 bridgehead atoms. The first-order chi connectivity index (χ1) is 57.7. The zero-order chi connectivity index (χ0) is 94.0. The van der Waals surface area contributed by atoms with E-state index < -0.39 is 160 Å². The standard InChI is InChI=1S/C17H21N9O.C13H16F3NO2.C12H13F3N2O3.C12H15F3N2O2.C12H12F3NO4.C5H10F3N.C4H6F3NO2/c1-2-11(9-18)24-17-20-10-14(15(19)27)16(25-17)23-12-4-3-5-13(8-12)26-21-6-7-22-26;1-2-11(8-13(14,15)16)17-12(18)19-9-10-6-4-3-5-7-10;13-12(14,15)6-9(10(16)18)17-11(19)20-7-8-4-2-1-3-5-8;13-12(14,15)6-10(7-16)17-11(18)19-8-9-4-2-1-3-5-9;13-12(14,15)6-9(10(17)18)16-11(19)20-7-8-4-2-1-3-5-8;1-2-4(9)3-5(6,7)8;5-4(6,7)1-2(8)3(9)10/h3-8,10-11H,2,9,18H2,1H3,(H2,19,27)(H2,20,23,24,25);3-7,11H,2,8-9H2,1H3,(H,17,18);1-5,9H,6-7H2,(H2,16,18)(H,17,19);1-5,10H,6-8,16H2,(H,17,18);1-5,9H,6-7H2,(H,16,19)(H,17,18);4H,2-3,9H2,1H3;2H,1,8H2,(H,9,10)/t2*11-;9-;10-;9-;4-;2-/m1011101/s1. The van der Waals surface area contributed by atoms with Crippen LogP contribution in [-0.4, -0.2) is 176 Å². The Morgan fingerprint density at radius 2 is 0.798 bits per heavy atom. The van der Waals surface area contributed by atoms with E-state index in [1.54, 1.807) is 152 Å². The molecule has 0 aliphatic carbocycles. The number of carbonyl (C=O) groups is 8. The second-order valence-electron chi connectivity index (χ2n) is 25.5. The number of nitrogens with zero attached hydrogens (tertiary/aromatic N) is 5. The third kappa shape index (κ3) is 54.7. The van der Waals surface area contributed by atoms with Crippen LogP contribution in [0, 0.1) is 0 Å². The first-order valence-electron chi connectivity index (χ1n) is 36.4. The number of carboxylic acids is 2. The van der Waals surface area contributed by atoms with E-state index in [0.717, 1.165) is 23.2 Å². The predicted octanol–water partition coefficient (Wildman–Crippen LogP) is 12.9. The Bertz CT molecular complexity index is 4080. The number of nitrogens with two attached hydrogens (primary N) is 6. The molecule has 0 saturated carbocycles. The van der Waals surface area contributed by atoms with Gasteiger partial charge < -0.3 is 95.5 Å². The fourth-order valence-electron chi connectivity index (χ4n) is 8.82. The van der Waals surface area contributed by atoms with Crippen LogP contribution in [0.3, 0.4) is 0 Å². The summed E-state index contributed by atoms with van der Waals surface area (Å²) < 4.78 is 233. The number of alkyl carbamates (subject to hydrolysis) is 4. The van der Waals surface area contributed by atoms with Crippen LogP contribution in [0.4, 0.5) is 116 Å². The van der Waals surface area contributed by atoms with E-state index >= 15 is 0 Å². The van der Waals surface area contributed by atoms with Crippen molar-refractivity contribution in [3.8, 4) is 5.69 Å². The van der Waals surface area contributed by atoms with E-state index in [9.17, 15) is 117 Å². The Morgan fingerprint density at radius 3 is 1.12 bits per heavy atom. The predicted molar refractivity (Wildman–Crippen MR) is 410 cm³/mol. The van der Waals surface area contributed by atoms with Crippen molar-refractivity contribution in [2.45, 2.75) is 184 Å². The summed E-state index contributed by atoms with van der Waals surface area (Å²) in [5, 5.41) is 38.7. The summed E-state index contributed by atoms with van der Waals surface area (Å²) in [6.45, 7) is 5.11. The van der Waals surface area contributed by atoms with Crippen molar-refractivity contribution in [3.05, 3.63) is 192 Å². The van der Waals surface area contributed by atoms with Crippen molar-refractivity contribution in [2.24, 2.45) is 34.4 Å². The Kier molecular flexibility index (Phi) is 49.0. The molecule has 7 rings (SSSR count). The number of benzene rings is 5. The molecule has 0 radical (unpaired) electrons. The van der Waals surface area contributed by atoms with Gasteiger partial charge in [-0.05, 0) is 59.7 Å². The first kappa shape index (κ1) is 109. The van der Waals surface area contributed by atoms with Gasteiger partial charge in [0, 0.05) is 43.1 Å². The molecule has 7 atom stereocenters. The lowest BCUT2D eigenvalue weighted by molar-refractivity contribution is -0.158. The van der Waals surface area contributed by atoms with Gasteiger partial charge in [0.05, 0.1) is 62.6 Å². The summed E-state index contributed by atoms with van der Waals surface area (Å²) in [5.41, 5.74) is 35.2. The van der Waals surface area contributed by atoms with Crippen molar-refractivity contribution in [1.82, 2.24) is 46.2 Å². The molecule has 6 amide bonds. The first-order valence-corrected chi connectivity index (χ1v) is 36.4. The minimum atomic E-state index is -4.70. The number of nitrogens with one attached hydrogen (secondary N) is 6. The van der Waals surface area contributed by atoms with Gasteiger partial charge in [0.15, 0.2) is 0 Å². The highest BCUT2D eigenvalue weighted by Gasteiger charge is 2.39. The van der Waals surface area contributed by atoms with E-state index in [1.807, 2.05) is 37.3 Å². The number of aliphatic carboxylic acids is 2. The zero-order valence-corrected chi connectivity index (χ0v) is 66.0. The Morgan fingerprint density at radius 1 is 0.435 bits per heavy atom. The molecule has 2 aromatic heterocycles. The minimum Gasteiger partial charge on any atom is -0.480 e. The second kappa shape index (κ2) is 55.5. The largest absolute Gasteiger partial charge is 0.480 e. The second-order valence-corrected chi connectivity index (χ2v) is 25.5. The molecule has 7 aromatic rings. The van der Waals surface area contributed by atoms with E-state index in [2.05, 4.69) is 51.9 Å². The number of halogens is 18. The van der Waals surface area contributed by atoms with Gasteiger partial charge in [-0.15, -0.1) is 0 Å². The molecule has 0 fully saturated rings. The number of carbonyl (C=O) groups excluding carboxylic acids is 6. The smallest absolute Gasteiger partial charge is 0.408 e. The number of carboxylic acid groups (broad SMARTS) is 2. The highest BCUT2D eigenvalue weighted by atomic mass is 19.4. The Balaban J connectivity index is 0.000000740. The van der Waals surface area contributed by atoms with E-state index in [1.165, 1.54) is 11.0 Å². The van der Waals surface area contributed by atoms with Crippen molar-refractivity contribution in [2.75, 3.05) is 23.7 Å². The fraction of sp³-hybridized carbons (Fsp3) is 0.413.